The van der Waals surface area contributed by atoms with E-state index in [0.29, 0.717) is 17.7 Å². The van der Waals surface area contributed by atoms with Crippen molar-refractivity contribution in [1.29, 1.82) is 0 Å². The van der Waals surface area contributed by atoms with Crippen molar-refractivity contribution in [1.82, 2.24) is 4.90 Å². The predicted octanol–water partition coefficient (Wildman–Crippen LogP) is 0.332. The van der Waals surface area contributed by atoms with Crippen LogP contribution in [0, 0.1) is 0 Å². The van der Waals surface area contributed by atoms with Gasteiger partial charge in [0.15, 0.2) is 13.0 Å². The van der Waals surface area contributed by atoms with E-state index >= 15 is 0 Å². The zero-order valence-corrected chi connectivity index (χ0v) is 8.81. The van der Waals surface area contributed by atoms with Crippen LogP contribution in [0.3, 0.4) is 0 Å². The van der Waals surface area contributed by atoms with Crippen LogP contribution < -0.4 is 0 Å². The van der Waals surface area contributed by atoms with Crippen LogP contribution in [0.4, 0.5) is 0 Å². The van der Waals surface area contributed by atoms with Crippen LogP contribution >= 0.6 is 7.60 Å². The molecule has 13 heavy (non-hydrogen) atoms. The van der Waals surface area contributed by atoms with E-state index in [1.54, 1.807) is 0 Å². The Morgan fingerprint density at radius 2 is 2.23 bits per heavy atom. The molecule has 1 aliphatic rings. The van der Waals surface area contributed by atoms with E-state index in [0.717, 1.165) is 0 Å². The van der Waals surface area contributed by atoms with Crippen molar-refractivity contribution in [3.8, 4) is 0 Å². The lowest BCUT2D eigenvalue weighted by atomic mass is 10.5. The Hall–Kier alpha value is -0.350. The van der Waals surface area contributed by atoms with Gasteiger partial charge in [-0.15, -0.1) is 0 Å². The quantitative estimate of drug-likeness (QED) is 0.517. The highest BCUT2D eigenvalue weighted by molar-refractivity contribution is 7.51. The highest BCUT2D eigenvalue weighted by Gasteiger charge is 2.36. The van der Waals surface area contributed by atoms with Crippen molar-refractivity contribution in [2.45, 2.75) is 6.92 Å². The average molecular weight is 207 g/mol. The van der Waals surface area contributed by atoms with Gasteiger partial charge in [-0.05, 0) is 6.92 Å². The molecule has 0 radical (unpaired) electrons. The van der Waals surface area contributed by atoms with E-state index < -0.39 is 7.60 Å². The molecule has 0 aromatic heterocycles. The van der Waals surface area contributed by atoms with E-state index in [4.69, 9.17) is 9.79 Å². The van der Waals surface area contributed by atoms with E-state index in [1.807, 2.05) is 31.3 Å². The smallest absolute Gasteiger partial charge is 0.329 e. The van der Waals surface area contributed by atoms with Gasteiger partial charge in [0.1, 0.15) is 6.20 Å². The minimum absolute atomic E-state index is 0.107. The van der Waals surface area contributed by atoms with Crippen molar-refractivity contribution in [3.05, 3.63) is 12.4 Å². The number of rotatable bonds is 3. The molecule has 1 heterocycles. The molecule has 1 atom stereocenters. The van der Waals surface area contributed by atoms with Gasteiger partial charge >= 0.3 is 7.60 Å². The lowest BCUT2D eigenvalue weighted by Gasteiger charge is -2.30. The number of hydrogen-bond donors (Lipinski definition) is 2. The fraction of sp³-hybridized carbons (Fsp3) is 0.714. The number of nitrogens with zero attached hydrogens (tertiary/aromatic N) is 2. The van der Waals surface area contributed by atoms with Crippen molar-refractivity contribution in [3.63, 3.8) is 0 Å². The fourth-order valence-electron chi connectivity index (χ4n) is 1.56. The molecule has 6 heteroatoms. The normalized spacial score (nSPS) is 28.5. The highest BCUT2D eigenvalue weighted by atomic mass is 31.2. The average Bonchev–Trinajstić information content (AvgIpc) is 2.29. The van der Waals surface area contributed by atoms with Crippen LogP contribution in [0.5, 0.6) is 0 Å². The van der Waals surface area contributed by atoms with Crippen LogP contribution in [0.25, 0.3) is 0 Å². The molecular formula is C7H16N2O3P+. The summed E-state index contributed by atoms with van der Waals surface area (Å²) >= 11 is 0. The van der Waals surface area contributed by atoms with E-state index in [-0.39, 0.29) is 6.29 Å². The van der Waals surface area contributed by atoms with Crippen molar-refractivity contribution in [2.24, 2.45) is 0 Å². The summed E-state index contributed by atoms with van der Waals surface area (Å²) in [6.45, 7) is 3.27. The molecule has 0 spiro atoms. The summed E-state index contributed by atoms with van der Waals surface area (Å²) in [4.78, 5) is 19.7. The minimum atomic E-state index is -3.93. The van der Waals surface area contributed by atoms with Crippen LogP contribution in [0.1, 0.15) is 6.92 Å². The summed E-state index contributed by atoms with van der Waals surface area (Å²) in [6.07, 6.45) is 3.60. The van der Waals surface area contributed by atoms with Crippen LogP contribution in [0.2, 0.25) is 0 Å². The molecule has 0 amide bonds. The summed E-state index contributed by atoms with van der Waals surface area (Å²) in [5.74, 6) is 0. The van der Waals surface area contributed by atoms with Gasteiger partial charge in [-0.2, -0.15) is 0 Å². The summed E-state index contributed by atoms with van der Waals surface area (Å²) in [5.41, 5.74) is 0. The first-order chi connectivity index (χ1) is 5.87. The Balaban J connectivity index is 2.74. The van der Waals surface area contributed by atoms with Gasteiger partial charge in [0, 0.05) is 7.05 Å². The molecular weight excluding hydrogens is 191 g/mol. The van der Waals surface area contributed by atoms with Gasteiger partial charge in [-0.3, -0.25) is 9.05 Å². The summed E-state index contributed by atoms with van der Waals surface area (Å²) in [5, 5.41) is 0. The first-order valence-corrected chi connectivity index (χ1v) is 5.97. The first kappa shape index (κ1) is 10.7. The fourth-order valence-corrected chi connectivity index (χ4v) is 2.68. The van der Waals surface area contributed by atoms with Crippen LogP contribution in [-0.2, 0) is 4.57 Å². The molecule has 0 aromatic carbocycles. The van der Waals surface area contributed by atoms with Crippen molar-refractivity contribution < 1.29 is 18.8 Å². The van der Waals surface area contributed by atoms with E-state index in [9.17, 15) is 4.57 Å². The Kier molecular flexibility index (Phi) is 2.82. The summed E-state index contributed by atoms with van der Waals surface area (Å²) < 4.78 is 11.2. The molecule has 2 N–H and O–H groups in total. The Morgan fingerprint density at radius 3 is 2.54 bits per heavy atom. The number of quaternary nitrogens is 1. The molecule has 0 saturated heterocycles. The predicted molar refractivity (Wildman–Crippen MR) is 49.5 cm³/mol. The van der Waals surface area contributed by atoms with E-state index in [2.05, 4.69) is 0 Å². The molecule has 0 fully saturated rings. The molecule has 1 unspecified atom stereocenters. The molecule has 0 bridgehead atoms. The first-order valence-electron chi connectivity index (χ1n) is 4.17. The van der Waals surface area contributed by atoms with Crippen LogP contribution in [0.15, 0.2) is 12.4 Å². The second-order valence-corrected chi connectivity index (χ2v) is 5.15. The topological polar surface area (TPSA) is 60.8 Å². The zero-order chi connectivity index (χ0) is 10.1. The Morgan fingerprint density at radius 1 is 1.62 bits per heavy atom. The summed E-state index contributed by atoms with van der Waals surface area (Å²) in [6, 6.07) is 0. The van der Waals surface area contributed by atoms with Gasteiger partial charge in [0.25, 0.3) is 0 Å². The van der Waals surface area contributed by atoms with Gasteiger partial charge in [0.05, 0.1) is 12.7 Å². The van der Waals surface area contributed by atoms with Gasteiger partial charge in [-0.1, -0.05) is 0 Å². The SMILES string of the molecule is CC[N+]1(CP(=O)(O)O)C=CN(C)C1. The van der Waals surface area contributed by atoms with Gasteiger partial charge in [-0.25, -0.2) is 0 Å². The maximum absolute atomic E-state index is 10.9. The molecule has 1 aliphatic heterocycles. The second kappa shape index (κ2) is 3.42. The third-order valence-electron chi connectivity index (χ3n) is 2.24. The standard InChI is InChI=1S/C7H15N2O3P/c1-3-9(7-13(10,11)12)5-4-8(2)6-9/h4-5H,3,6-7H2,1-2H3,(H-,10,11,12)/p+1. The molecule has 5 nitrogen and oxygen atoms in total. The third kappa shape index (κ3) is 2.81. The van der Waals surface area contributed by atoms with Crippen molar-refractivity contribution >= 4 is 7.60 Å². The Labute approximate surface area is 78.0 Å². The molecule has 76 valence electrons. The largest absolute Gasteiger partial charge is 0.379 e. The minimum Gasteiger partial charge on any atom is -0.329 e. The lowest BCUT2D eigenvalue weighted by Crippen LogP contribution is -2.44. The van der Waals surface area contributed by atoms with Crippen LogP contribution in [-0.4, -0.2) is 45.7 Å². The maximum atomic E-state index is 10.9. The molecule has 0 saturated carbocycles. The zero-order valence-electron chi connectivity index (χ0n) is 7.92. The molecule has 0 aromatic rings. The van der Waals surface area contributed by atoms with Crippen molar-refractivity contribution in [2.75, 3.05) is 26.5 Å². The van der Waals surface area contributed by atoms with E-state index in [1.165, 1.54) is 0 Å². The van der Waals surface area contributed by atoms with Gasteiger partial charge < -0.3 is 14.7 Å². The maximum Gasteiger partial charge on any atom is 0.379 e. The summed E-state index contributed by atoms with van der Waals surface area (Å²) in [7, 11) is -2.03. The highest BCUT2D eigenvalue weighted by Crippen LogP contribution is 2.39. The Bertz CT molecular complexity index is 262. The second-order valence-electron chi connectivity index (χ2n) is 3.54. The third-order valence-corrected chi connectivity index (χ3v) is 3.17. The molecule has 1 rings (SSSR count). The number of hydrogen-bond acceptors (Lipinski definition) is 2. The monoisotopic (exact) mass is 207 g/mol. The lowest BCUT2D eigenvalue weighted by molar-refractivity contribution is -0.868. The molecule has 0 aliphatic carbocycles. The van der Waals surface area contributed by atoms with Gasteiger partial charge in [0.2, 0.25) is 0 Å².